The number of carbonyl (C=O) groups excluding carboxylic acids is 3. The molecule has 9 heteroatoms. The van der Waals surface area contributed by atoms with Gasteiger partial charge in [-0.3, -0.25) is 14.4 Å². The van der Waals surface area contributed by atoms with Crippen molar-refractivity contribution in [2.75, 3.05) is 43.1 Å². The van der Waals surface area contributed by atoms with E-state index in [4.69, 9.17) is 0 Å². The maximum Gasteiger partial charge on any atom is 0.256 e. The first-order chi connectivity index (χ1) is 20.2. The summed E-state index contributed by atoms with van der Waals surface area (Å²) < 4.78 is 0. The molecular formula is C33H34N6O3. The van der Waals surface area contributed by atoms with Crippen molar-refractivity contribution in [1.82, 2.24) is 15.2 Å². The average Bonchev–Trinajstić information content (AvgIpc) is 3.42. The molecule has 1 aromatic heterocycles. The third kappa shape index (κ3) is 6.26. The minimum Gasteiger partial charge on any atom is -0.358 e. The van der Waals surface area contributed by atoms with Crippen LogP contribution in [0.2, 0.25) is 0 Å². The molecule has 214 valence electrons. The zero-order valence-corrected chi connectivity index (χ0v) is 24.1. The van der Waals surface area contributed by atoms with Gasteiger partial charge in [-0.1, -0.05) is 30.3 Å². The largest absolute Gasteiger partial charge is 0.358 e. The topological polar surface area (TPSA) is 118 Å². The zero-order valence-electron chi connectivity index (χ0n) is 24.1. The van der Waals surface area contributed by atoms with Crippen LogP contribution in [0.1, 0.15) is 43.2 Å². The second-order valence-electron chi connectivity index (χ2n) is 10.5. The molecule has 9 nitrogen and oxygen atoms in total. The summed E-state index contributed by atoms with van der Waals surface area (Å²) in [4.78, 5) is 43.6. The van der Waals surface area contributed by atoms with Gasteiger partial charge in [-0.05, 0) is 82.0 Å². The van der Waals surface area contributed by atoms with E-state index >= 15 is 0 Å². The molecule has 5 N–H and O–H groups in total. The molecule has 0 unspecified atom stereocenters. The number of nitrogens with zero attached hydrogens (tertiary/aromatic N) is 1. The predicted molar refractivity (Wildman–Crippen MR) is 168 cm³/mol. The van der Waals surface area contributed by atoms with Crippen LogP contribution in [0.15, 0.2) is 72.8 Å². The molecule has 0 bridgehead atoms. The van der Waals surface area contributed by atoms with E-state index in [0.717, 1.165) is 40.4 Å². The van der Waals surface area contributed by atoms with Crippen LogP contribution in [0.3, 0.4) is 0 Å². The van der Waals surface area contributed by atoms with Crippen molar-refractivity contribution in [3.05, 3.63) is 106 Å². The summed E-state index contributed by atoms with van der Waals surface area (Å²) in [5, 5.41) is 12.2. The lowest BCUT2D eigenvalue weighted by atomic mass is 10.0. The monoisotopic (exact) mass is 562 g/mol. The maximum atomic E-state index is 13.0. The van der Waals surface area contributed by atoms with Crippen LogP contribution in [0.5, 0.6) is 0 Å². The molecule has 5 rings (SSSR count). The number of nitrogens with one attached hydrogen (secondary N) is 5. The van der Waals surface area contributed by atoms with Gasteiger partial charge in [-0.25, -0.2) is 0 Å². The third-order valence-corrected chi connectivity index (χ3v) is 7.08. The molecule has 42 heavy (non-hydrogen) atoms. The van der Waals surface area contributed by atoms with Crippen LogP contribution in [-0.2, 0) is 4.79 Å². The average molecular weight is 563 g/mol. The van der Waals surface area contributed by atoms with Crippen molar-refractivity contribution in [3.63, 3.8) is 0 Å². The molecule has 3 aromatic carbocycles. The van der Waals surface area contributed by atoms with Crippen molar-refractivity contribution >= 4 is 52.1 Å². The van der Waals surface area contributed by atoms with E-state index in [-0.39, 0.29) is 17.7 Å². The number of aryl methyl sites for hydroxylation is 1. The number of carbonyl (C=O) groups is 3. The Morgan fingerprint density at radius 2 is 1.62 bits per heavy atom. The first-order valence-corrected chi connectivity index (χ1v) is 13.7. The minimum absolute atomic E-state index is 0.136. The number of hydrogen-bond donors (Lipinski definition) is 5. The van der Waals surface area contributed by atoms with Gasteiger partial charge in [0.15, 0.2) is 0 Å². The molecule has 2 heterocycles. The highest BCUT2D eigenvalue weighted by atomic mass is 16.2. The molecule has 1 aliphatic heterocycles. The Morgan fingerprint density at radius 1 is 0.881 bits per heavy atom. The highest BCUT2D eigenvalue weighted by Crippen LogP contribution is 2.36. The van der Waals surface area contributed by atoms with Gasteiger partial charge in [0.2, 0.25) is 0 Å². The molecule has 1 aliphatic rings. The molecular weight excluding hydrogens is 528 g/mol. The fourth-order valence-corrected chi connectivity index (χ4v) is 4.93. The number of aromatic amines is 1. The van der Waals surface area contributed by atoms with Crippen molar-refractivity contribution < 1.29 is 14.4 Å². The van der Waals surface area contributed by atoms with E-state index in [1.807, 2.05) is 93.5 Å². The summed E-state index contributed by atoms with van der Waals surface area (Å²) in [6, 6.07) is 22.2. The number of aromatic nitrogens is 1. The number of amides is 3. The van der Waals surface area contributed by atoms with Crippen molar-refractivity contribution in [1.29, 1.82) is 0 Å². The molecule has 3 amide bonds. The molecule has 0 aliphatic carbocycles. The second kappa shape index (κ2) is 12.2. The van der Waals surface area contributed by atoms with Gasteiger partial charge in [0.25, 0.3) is 17.7 Å². The van der Waals surface area contributed by atoms with E-state index in [0.29, 0.717) is 34.6 Å². The molecule has 0 spiro atoms. The Kier molecular flexibility index (Phi) is 8.21. The van der Waals surface area contributed by atoms with Gasteiger partial charge in [-0.2, -0.15) is 0 Å². The lowest BCUT2D eigenvalue weighted by molar-refractivity contribution is -0.110. The fraction of sp³-hybridized carbons (Fsp3) is 0.182. The number of fused-ring (bicyclic) bond motifs is 1. The van der Waals surface area contributed by atoms with E-state index < -0.39 is 0 Å². The van der Waals surface area contributed by atoms with Crippen LogP contribution in [-0.4, -0.2) is 54.8 Å². The van der Waals surface area contributed by atoms with Gasteiger partial charge in [-0.15, -0.1) is 0 Å². The highest BCUT2D eigenvalue weighted by Gasteiger charge is 2.26. The minimum atomic E-state index is -0.212. The summed E-state index contributed by atoms with van der Waals surface area (Å²) in [5.74, 6) is -0.531. The van der Waals surface area contributed by atoms with E-state index in [1.165, 1.54) is 0 Å². The first-order valence-electron chi connectivity index (χ1n) is 13.7. The van der Waals surface area contributed by atoms with Gasteiger partial charge < -0.3 is 31.2 Å². The first kappa shape index (κ1) is 28.4. The number of benzene rings is 3. The van der Waals surface area contributed by atoms with Gasteiger partial charge in [0.1, 0.15) is 0 Å². The summed E-state index contributed by atoms with van der Waals surface area (Å²) >= 11 is 0. The van der Waals surface area contributed by atoms with Gasteiger partial charge in [0.05, 0.1) is 16.8 Å². The van der Waals surface area contributed by atoms with E-state index in [2.05, 4.69) is 26.3 Å². The summed E-state index contributed by atoms with van der Waals surface area (Å²) in [5.41, 5.74) is 7.66. The zero-order chi connectivity index (χ0) is 29.8. The highest BCUT2D eigenvalue weighted by molar-refractivity contribution is 6.35. The van der Waals surface area contributed by atoms with Crippen molar-refractivity contribution in [2.24, 2.45) is 0 Å². The van der Waals surface area contributed by atoms with Crippen LogP contribution in [0.25, 0.3) is 11.6 Å². The Bertz CT molecular complexity index is 1690. The van der Waals surface area contributed by atoms with Gasteiger partial charge in [0, 0.05) is 52.7 Å². The normalized spacial score (nSPS) is 13.2. The standard InChI is InChI=1S/C33H34N6O3/c1-20-28(35-21(2)30(20)33(42)34-15-16-39(3)4)19-27-26-14-13-25(18-29(26)38-32(27)41)36-23-11-8-12-24(17-23)37-31(40)22-9-6-5-7-10-22/h5-14,17-19,35-36H,15-16H2,1-4H3,(H,34,42)(H,37,40)(H,38,41). The summed E-state index contributed by atoms with van der Waals surface area (Å²) in [6.45, 7) is 5.03. The molecule has 0 saturated heterocycles. The number of rotatable bonds is 9. The van der Waals surface area contributed by atoms with Crippen LogP contribution < -0.4 is 21.3 Å². The van der Waals surface area contributed by atoms with Crippen LogP contribution in [0.4, 0.5) is 22.7 Å². The second-order valence-corrected chi connectivity index (χ2v) is 10.5. The Hall–Kier alpha value is -5.15. The Balaban J connectivity index is 1.32. The Labute approximate surface area is 245 Å². The number of likely N-dealkylation sites (N-methyl/N-ethyl adjacent to an activating group) is 1. The molecule has 0 fully saturated rings. The van der Waals surface area contributed by atoms with Crippen LogP contribution in [0, 0.1) is 13.8 Å². The molecule has 0 radical (unpaired) electrons. The number of anilines is 4. The third-order valence-electron chi connectivity index (χ3n) is 7.08. The number of H-pyrrole nitrogens is 1. The molecule has 4 aromatic rings. The SMILES string of the molecule is Cc1[nH]c(C=C2C(=O)Nc3cc(Nc4cccc(NC(=O)c5ccccc5)c4)ccc32)c(C)c1C(=O)NCCN(C)C. The van der Waals surface area contributed by atoms with E-state index in [9.17, 15) is 14.4 Å². The lowest BCUT2D eigenvalue weighted by Crippen LogP contribution is -2.31. The summed E-state index contributed by atoms with van der Waals surface area (Å²) in [6.07, 6.45) is 1.80. The smallest absolute Gasteiger partial charge is 0.256 e. The lowest BCUT2D eigenvalue weighted by Gasteiger charge is -2.11. The maximum absolute atomic E-state index is 13.0. The van der Waals surface area contributed by atoms with Crippen molar-refractivity contribution in [3.8, 4) is 0 Å². The quantitative estimate of drug-likeness (QED) is 0.175. The molecule has 0 atom stereocenters. The van der Waals surface area contributed by atoms with Crippen molar-refractivity contribution in [2.45, 2.75) is 13.8 Å². The molecule has 0 saturated carbocycles. The van der Waals surface area contributed by atoms with E-state index in [1.54, 1.807) is 18.2 Å². The Morgan fingerprint density at radius 3 is 2.38 bits per heavy atom. The summed E-state index contributed by atoms with van der Waals surface area (Å²) in [7, 11) is 3.91. The number of hydrogen-bond acceptors (Lipinski definition) is 5. The van der Waals surface area contributed by atoms with Gasteiger partial charge >= 0.3 is 0 Å². The predicted octanol–water partition coefficient (Wildman–Crippen LogP) is 5.41. The van der Waals surface area contributed by atoms with Crippen LogP contribution >= 0.6 is 0 Å². The fourth-order valence-electron chi connectivity index (χ4n) is 4.93.